The van der Waals surface area contributed by atoms with Gasteiger partial charge < -0.3 is 19.9 Å². The Morgan fingerprint density at radius 1 is 1.10 bits per heavy atom. The molecule has 7 heteroatoms. The van der Waals surface area contributed by atoms with Crippen LogP contribution in [0.1, 0.15) is 12.8 Å². The summed E-state index contributed by atoms with van der Waals surface area (Å²) in [6.45, 7) is 2.08. The van der Waals surface area contributed by atoms with E-state index in [9.17, 15) is 9.59 Å². The Labute approximate surface area is 176 Å². The second-order valence-electron chi connectivity index (χ2n) is 7.12. The molecule has 1 aliphatic rings. The second kappa shape index (κ2) is 10.2. The number of rotatable bonds is 6. The molecule has 1 heterocycles. The Morgan fingerprint density at radius 2 is 1.76 bits per heavy atom. The maximum atomic E-state index is 12.7. The van der Waals surface area contributed by atoms with Gasteiger partial charge in [0.15, 0.2) is 0 Å². The average Bonchev–Trinajstić information content (AvgIpc) is 2.75. The number of benzene rings is 2. The number of carbonyl (C=O) groups is 2. The van der Waals surface area contributed by atoms with Gasteiger partial charge in [-0.25, -0.2) is 4.79 Å². The lowest BCUT2D eigenvalue weighted by atomic mass is 9.95. The molecule has 0 radical (unpaired) electrons. The predicted molar refractivity (Wildman–Crippen MR) is 114 cm³/mol. The Balaban J connectivity index is 1.39. The van der Waals surface area contributed by atoms with Crippen molar-refractivity contribution in [2.75, 3.05) is 38.6 Å². The summed E-state index contributed by atoms with van der Waals surface area (Å²) < 4.78 is 5.66. The van der Waals surface area contributed by atoms with Crippen LogP contribution in [0.5, 0.6) is 5.75 Å². The van der Waals surface area contributed by atoms with Crippen molar-refractivity contribution in [2.24, 2.45) is 5.92 Å². The zero-order valence-corrected chi connectivity index (χ0v) is 17.3. The third-order valence-electron chi connectivity index (χ3n) is 5.04. The number of carbonyl (C=O) groups excluding carboxylic acids is 2. The Hall–Kier alpha value is -2.73. The minimum Gasteiger partial charge on any atom is -0.492 e. The van der Waals surface area contributed by atoms with E-state index in [0.717, 1.165) is 11.4 Å². The molecular weight excluding hydrogens is 390 g/mol. The molecule has 3 rings (SSSR count). The number of anilines is 1. The van der Waals surface area contributed by atoms with Crippen LogP contribution in [0.4, 0.5) is 10.5 Å². The number of para-hydroxylation sites is 1. The number of urea groups is 1. The fourth-order valence-corrected chi connectivity index (χ4v) is 3.43. The standard InChI is InChI=1S/C22H26ClN3O3/c1-25(15-16-29-20-9-7-18(23)8-10-20)21(27)17-11-13-26(14-12-17)22(28)24-19-5-3-2-4-6-19/h2-10,17H,11-16H2,1H3,(H,24,28). The van der Waals surface area contributed by atoms with Crippen molar-refractivity contribution >= 4 is 29.2 Å². The topological polar surface area (TPSA) is 61.9 Å². The highest BCUT2D eigenvalue weighted by Gasteiger charge is 2.29. The SMILES string of the molecule is CN(CCOc1ccc(Cl)cc1)C(=O)C1CCN(C(=O)Nc2ccccc2)CC1. The first-order chi connectivity index (χ1) is 14.0. The number of ether oxygens (including phenoxy) is 1. The number of amides is 3. The zero-order valence-electron chi connectivity index (χ0n) is 16.5. The van der Waals surface area contributed by atoms with Crippen LogP contribution in [-0.4, -0.2) is 55.0 Å². The van der Waals surface area contributed by atoms with Gasteiger partial charge in [0.05, 0.1) is 6.54 Å². The first kappa shape index (κ1) is 21.0. The molecule has 0 saturated carbocycles. The molecule has 29 heavy (non-hydrogen) atoms. The molecule has 0 aromatic heterocycles. The summed E-state index contributed by atoms with van der Waals surface area (Å²) in [5, 5.41) is 3.55. The van der Waals surface area contributed by atoms with Gasteiger partial charge in [0.2, 0.25) is 5.91 Å². The van der Waals surface area contributed by atoms with Gasteiger partial charge in [-0.3, -0.25) is 4.79 Å². The quantitative estimate of drug-likeness (QED) is 0.771. The molecule has 3 amide bonds. The number of likely N-dealkylation sites (tertiary alicyclic amines) is 1. The van der Waals surface area contributed by atoms with Crippen molar-refractivity contribution in [3.05, 3.63) is 59.6 Å². The van der Waals surface area contributed by atoms with Gasteiger partial charge in [-0.1, -0.05) is 29.8 Å². The van der Waals surface area contributed by atoms with E-state index < -0.39 is 0 Å². The van der Waals surface area contributed by atoms with E-state index in [-0.39, 0.29) is 17.9 Å². The number of likely N-dealkylation sites (N-methyl/N-ethyl adjacent to an activating group) is 1. The van der Waals surface area contributed by atoms with E-state index >= 15 is 0 Å². The minimum absolute atomic E-state index is 0.0590. The normalized spacial score (nSPS) is 14.3. The van der Waals surface area contributed by atoms with Crippen molar-refractivity contribution in [3.8, 4) is 5.75 Å². The molecule has 0 bridgehead atoms. The molecule has 1 fully saturated rings. The van der Waals surface area contributed by atoms with Crippen molar-refractivity contribution < 1.29 is 14.3 Å². The molecule has 1 saturated heterocycles. The van der Waals surface area contributed by atoms with Gasteiger partial charge in [0.1, 0.15) is 12.4 Å². The summed E-state index contributed by atoms with van der Waals surface area (Å²) in [7, 11) is 1.79. The average molecular weight is 416 g/mol. The lowest BCUT2D eigenvalue weighted by Gasteiger charge is -2.33. The predicted octanol–water partition coefficient (Wildman–Crippen LogP) is 4.12. The largest absolute Gasteiger partial charge is 0.492 e. The van der Waals surface area contributed by atoms with Crippen molar-refractivity contribution in [1.82, 2.24) is 9.80 Å². The number of hydrogen-bond acceptors (Lipinski definition) is 3. The van der Waals surface area contributed by atoms with Gasteiger partial charge >= 0.3 is 6.03 Å². The van der Waals surface area contributed by atoms with Crippen LogP contribution in [0.3, 0.4) is 0 Å². The minimum atomic E-state index is -0.119. The fourth-order valence-electron chi connectivity index (χ4n) is 3.31. The number of nitrogens with zero attached hydrogens (tertiary/aromatic N) is 2. The van der Waals surface area contributed by atoms with Crippen molar-refractivity contribution in [2.45, 2.75) is 12.8 Å². The first-order valence-corrected chi connectivity index (χ1v) is 10.1. The number of hydrogen-bond donors (Lipinski definition) is 1. The molecule has 0 unspecified atom stereocenters. The first-order valence-electron chi connectivity index (χ1n) is 9.77. The fraction of sp³-hybridized carbons (Fsp3) is 0.364. The van der Waals surface area contributed by atoms with Crippen LogP contribution in [0.25, 0.3) is 0 Å². The van der Waals surface area contributed by atoms with Crippen LogP contribution < -0.4 is 10.1 Å². The van der Waals surface area contributed by atoms with Gasteiger partial charge in [-0.2, -0.15) is 0 Å². The van der Waals surface area contributed by atoms with Crippen LogP contribution in [0, 0.1) is 5.92 Å². The summed E-state index contributed by atoms with van der Waals surface area (Å²) in [5.41, 5.74) is 0.774. The summed E-state index contributed by atoms with van der Waals surface area (Å²) in [4.78, 5) is 28.5. The summed E-state index contributed by atoms with van der Waals surface area (Å²) >= 11 is 5.86. The number of halogens is 1. The molecule has 6 nitrogen and oxygen atoms in total. The van der Waals surface area contributed by atoms with Crippen molar-refractivity contribution in [3.63, 3.8) is 0 Å². The van der Waals surface area contributed by atoms with Gasteiger partial charge in [-0.15, -0.1) is 0 Å². The van der Waals surface area contributed by atoms with Crippen molar-refractivity contribution in [1.29, 1.82) is 0 Å². The Kier molecular flexibility index (Phi) is 7.36. The van der Waals surface area contributed by atoms with Crippen LogP contribution >= 0.6 is 11.6 Å². The molecule has 154 valence electrons. The Bertz CT molecular complexity index is 806. The third-order valence-corrected chi connectivity index (χ3v) is 5.29. The number of piperidine rings is 1. The highest BCUT2D eigenvalue weighted by molar-refractivity contribution is 6.30. The maximum Gasteiger partial charge on any atom is 0.321 e. The smallest absolute Gasteiger partial charge is 0.321 e. The van der Waals surface area contributed by atoms with Crippen LogP contribution in [0.15, 0.2) is 54.6 Å². The van der Waals surface area contributed by atoms with E-state index in [1.165, 1.54) is 0 Å². The van der Waals surface area contributed by atoms with E-state index in [1.807, 2.05) is 30.3 Å². The lowest BCUT2D eigenvalue weighted by molar-refractivity contribution is -0.135. The van der Waals surface area contributed by atoms with Crippen LogP contribution in [-0.2, 0) is 4.79 Å². The van der Waals surface area contributed by atoms with E-state index in [1.54, 1.807) is 41.1 Å². The molecule has 0 spiro atoms. The monoisotopic (exact) mass is 415 g/mol. The van der Waals surface area contributed by atoms with Crippen LogP contribution in [0.2, 0.25) is 5.02 Å². The highest BCUT2D eigenvalue weighted by Crippen LogP contribution is 2.20. The summed E-state index contributed by atoms with van der Waals surface area (Å²) in [6.07, 6.45) is 1.34. The molecule has 0 aliphatic carbocycles. The van der Waals surface area contributed by atoms with Gasteiger partial charge in [-0.05, 0) is 49.2 Å². The summed E-state index contributed by atoms with van der Waals surface area (Å²) in [6, 6.07) is 16.4. The third kappa shape index (κ3) is 6.12. The molecule has 1 N–H and O–H groups in total. The molecular formula is C22H26ClN3O3. The van der Waals surface area contributed by atoms with E-state index in [0.29, 0.717) is 44.1 Å². The lowest BCUT2D eigenvalue weighted by Crippen LogP contribution is -2.45. The summed E-state index contributed by atoms with van der Waals surface area (Å²) in [5.74, 6) is 0.775. The molecule has 2 aromatic rings. The molecule has 1 aliphatic heterocycles. The van der Waals surface area contributed by atoms with E-state index in [4.69, 9.17) is 16.3 Å². The zero-order chi connectivity index (χ0) is 20.6. The Morgan fingerprint density at radius 3 is 2.41 bits per heavy atom. The molecule has 0 atom stereocenters. The van der Waals surface area contributed by atoms with E-state index in [2.05, 4.69) is 5.32 Å². The van der Waals surface area contributed by atoms with Gasteiger partial charge in [0.25, 0.3) is 0 Å². The maximum absolute atomic E-state index is 12.7. The highest BCUT2D eigenvalue weighted by atomic mass is 35.5. The second-order valence-corrected chi connectivity index (χ2v) is 7.56. The molecule has 2 aromatic carbocycles. The number of nitrogens with one attached hydrogen (secondary N) is 1. The van der Waals surface area contributed by atoms with Gasteiger partial charge in [0, 0.05) is 36.8 Å².